The first-order valence-corrected chi connectivity index (χ1v) is 5.75. The smallest absolute Gasteiger partial charge is 0.267 e. The molecule has 0 radical (unpaired) electrons. The second-order valence-corrected chi connectivity index (χ2v) is 4.33. The number of rotatable bonds is 4. The van der Waals surface area contributed by atoms with Crippen LogP contribution in [-0.2, 0) is 0 Å². The Bertz CT molecular complexity index is 372. The number of primary amides is 1. The summed E-state index contributed by atoms with van der Waals surface area (Å²) in [6.07, 6.45) is 6.91. The monoisotopic (exact) mass is 219 g/mol. The fraction of sp³-hybridized carbons (Fsp3) is 0.500. The van der Waals surface area contributed by atoms with Gasteiger partial charge in [-0.1, -0.05) is 12.8 Å². The number of anilines is 1. The fourth-order valence-corrected chi connectivity index (χ4v) is 2.15. The van der Waals surface area contributed by atoms with Crippen LogP contribution in [0.1, 0.15) is 36.2 Å². The van der Waals surface area contributed by atoms with Crippen LogP contribution in [0.4, 0.5) is 5.69 Å². The highest BCUT2D eigenvalue weighted by Crippen LogP contribution is 2.24. The molecule has 0 aliphatic heterocycles. The van der Waals surface area contributed by atoms with Crippen molar-refractivity contribution >= 4 is 11.6 Å². The van der Waals surface area contributed by atoms with Crippen LogP contribution in [0.5, 0.6) is 0 Å². The van der Waals surface area contributed by atoms with E-state index < -0.39 is 5.91 Å². The molecule has 1 heterocycles. The minimum atomic E-state index is -0.482. The lowest BCUT2D eigenvalue weighted by Gasteiger charge is -2.11. The van der Waals surface area contributed by atoms with Gasteiger partial charge in [-0.15, -0.1) is 0 Å². The Labute approximate surface area is 95.3 Å². The van der Waals surface area contributed by atoms with Gasteiger partial charge in [-0.05, 0) is 30.9 Å². The zero-order valence-corrected chi connectivity index (χ0v) is 9.28. The van der Waals surface area contributed by atoms with Gasteiger partial charge in [0.2, 0.25) is 0 Å². The first-order valence-electron chi connectivity index (χ1n) is 5.75. The van der Waals surface area contributed by atoms with Crippen molar-refractivity contribution in [1.29, 1.82) is 0 Å². The molecule has 16 heavy (non-hydrogen) atoms. The predicted molar refractivity (Wildman–Crippen MR) is 63.2 cm³/mol. The second-order valence-electron chi connectivity index (χ2n) is 4.33. The Balaban J connectivity index is 1.93. The maximum atomic E-state index is 10.9. The van der Waals surface area contributed by atoms with Gasteiger partial charge < -0.3 is 11.1 Å². The van der Waals surface area contributed by atoms with Crippen LogP contribution in [0.15, 0.2) is 18.3 Å². The Hall–Kier alpha value is -1.58. The molecule has 1 fully saturated rings. The van der Waals surface area contributed by atoms with Crippen LogP contribution in [0.25, 0.3) is 0 Å². The van der Waals surface area contributed by atoms with Crippen LogP contribution < -0.4 is 11.1 Å². The maximum Gasteiger partial charge on any atom is 0.267 e. The van der Waals surface area contributed by atoms with Crippen molar-refractivity contribution in [3.05, 3.63) is 24.0 Å². The van der Waals surface area contributed by atoms with E-state index in [0.29, 0.717) is 5.69 Å². The molecule has 0 saturated heterocycles. The number of hydrogen-bond donors (Lipinski definition) is 2. The minimum absolute atomic E-state index is 0.316. The van der Waals surface area contributed by atoms with Gasteiger partial charge >= 0.3 is 0 Å². The Kier molecular flexibility index (Phi) is 3.39. The number of amides is 1. The predicted octanol–water partition coefficient (Wildman–Crippen LogP) is 1.78. The third-order valence-electron chi connectivity index (χ3n) is 3.08. The fourth-order valence-electron chi connectivity index (χ4n) is 2.15. The number of pyridine rings is 1. The molecule has 1 saturated carbocycles. The van der Waals surface area contributed by atoms with Crippen LogP contribution >= 0.6 is 0 Å². The number of nitrogens with two attached hydrogens (primary N) is 1. The first kappa shape index (κ1) is 10.9. The van der Waals surface area contributed by atoms with Gasteiger partial charge in [0.1, 0.15) is 5.69 Å². The SMILES string of the molecule is NC(=O)c1cc(NCC2CCCC2)ccn1. The van der Waals surface area contributed by atoms with Gasteiger partial charge in [-0.2, -0.15) is 0 Å². The van der Waals surface area contributed by atoms with Gasteiger partial charge in [0.05, 0.1) is 0 Å². The summed E-state index contributed by atoms with van der Waals surface area (Å²) in [7, 11) is 0. The third-order valence-corrected chi connectivity index (χ3v) is 3.08. The van der Waals surface area contributed by atoms with E-state index in [2.05, 4.69) is 10.3 Å². The van der Waals surface area contributed by atoms with Crippen molar-refractivity contribution < 1.29 is 4.79 Å². The molecular weight excluding hydrogens is 202 g/mol. The number of hydrogen-bond acceptors (Lipinski definition) is 3. The van der Waals surface area contributed by atoms with Gasteiger partial charge in [-0.3, -0.25) is 9.78 Å². The topological polar surface area (TPSA) is 68.0 Å². The molecule has 3 N–H and O–H groups in total. The molecular formula is C12H17N3O. The van der Waals surface area contributed by atoms with Gasteiger partial charge in [0, 0.05) is 18.4 Å². The molecule has 1 aromatic heterocycles. The molecule has 1 aromatic rings. The third kappa shape index (κ3) is 2.72. The molecule has 86 valence electrons. The molecule has 4 nitrogen and oxygen atoms in total. The Morgan fingerprint density at radius 1 is 1.50 bits per heavy atom. The molecule has 0 spiro atoms. The summed E-state index contributed by atoms with van der Waals surface area (Å²) in [5, 5.41) is 3.33. The van der Waals surface area contributed by atoms with E-state index in [9.17, 15) is 4.79 Å². The van der Waals surface area contributed by atoms with Gasteiger partial charge in [0.15, 0.2) is 0 Å². The highest BCUT2D eigenvalue weighted by Gasteiger charge is 2.14. The molecule has 1 amide bonds. The normalized spacial score (nSPS) is 16.2. The summed E-state index contributed by atoms with van der Waals surface area (Å²) in [4.78, 5) is 14.8. The van der Waals surface area contributed by atoms with Crippen molar-refractivity contribution in [2.45, 2.75) is 25.7 Å². The van der Waals surface area contributed by atoms with E-state index in [-0.39, 0.29) is 0 Å². The molecule has 0 atom stereocenters. The minimum Gasteiger partial charge on any atom is -0.385 e. The lowest BCUT2D eigenvalue weighted by molar-refractivity contribution is 0.0995. The molecule has 0 bridgehead atoms. The number of carbonyl (C=O) groups excluding carboxylic acids is 1. The Morgan fingerprint density at radius 3 is 2.94 bits per heavy atom. The van der Waals surface area contributed by atoms with Crippen molar-refractivity contribution in [3.8, 4) is 0 Å². The number of aromatic nitrogens is 1. The van der Waals surface area contributed by atoms with Crippen molar-refractivity contribution in [1.82, 2.24) is 4.98 Å². The lowest BCUT2D eigenvalue weighted by Crippen LogP contribution is -2.15. The first-order chi connectivity index (χ1) is 7.75. The summed E-state index contributed by atoms with van der Waals surface area (Å²) in [5.41, 5.74) is 6.41. The number of nitrogens with zero attached hydrogens (tertiary/aromatic N) is 1. The van der Waals surface area contributed by atoms with Gasteiger partial charge in [-0.25, -0.2) is 0 Å². The molecule has 0 aromatic carbocycles. The van der Waals surface area contributed by atoms with E-state index in [1.165, 1.54) is 25.7 Å². The zero-order chi connectivity index (χ0) is 11.4. The second kappa shape index (κ2) is 4.96. The molecule has 4 heteroatoms. The van der Waals surface area contributed by atoms with Crippen molar-refractivity contribution in [3.63, 3.8) is 0 Å². The molecule has 1 aliphatic carbocycles. The summed E-state index contributed by atoms with van der Waals surface area (Å²) in [6, 6.07) is 3.57. The standard InChI is InChI=1S/C12H17N3O/c13-12(16)11-7-10(5-6-14-11)15-8-9-3-1-2-4-9/h5-7,9H,1-4,8H2,(H2,13,16)(H,14,15). The van der Waals surface area contributed by atoms with Crippen LogP contribution in [0, 0.1) is 5.92 Å². The van der Waals surface area contributed by atoms with Crippen molar-refractivity contribution in [2.24, 2.45) is 11.7 Å². The highest BCUT2D eigenvalue weighted by molar-refractivity contribution is 5.91. The van der Waals surface area contributed by atoms with Crippen LogP contribution in [0.2, 0.25) is 0 Å². The summed E-state index contributed by atoms with van der Waals surface area (Å²) in [6.45, 7) is 0.974. The summed E-state index contributed by atoms with van der Waals surface area (Å²) < 4.78 is 0. The molecule has 0 unspecified atom stereocenters. The van der Waals surface area contributed by atoms with E-state index in [0.717, 1.165) is 18.2 Å². The van der Waals surface area contributed by atoms with Crippen LogP contribution in [-0.4, -0.2) is 17.4 Å². The average Bonchev–Trinajstić information content (AvgIpc) is 2.79. The zero-order valence-electron chi connectivity index (χ0n) is 9.28. The summed E-state index contributed by atoms with van der Waals surface area (Å²) in [5.74, 6) is 0.287. The lowest BCUT2D eigenvalue weighted by atomic mass is 10.1. The molecule has 2 rings (SSSR count). The average molecular weight is 219 g/mol. The molecule has 1 aliphatic rings. The van der Waals surface area contributed by atoms with Gasteiger partial charge in [0.25, 0.3) is 5.91 Å². The quantitative estimate of drug-likeness (QED) is 0.811. The van der Waals surface area contributed by atoms with Crippen molar-refractivity contribution in [2.75, 3.05) is 11.9 Å². The van der Waals surface area contributed by atoms with E-state index in [1.54, 1.807) is 12.3 Å². The van der Waals surface area contributed by atoms with E-state index in [4.69, 9.17) is 5.73 Å². The van der Waals surface area contributed by atoms with E-state index in [1.807, 2.05) is 6.07 Å². The highest BCUT2D eigenvalue weighted by atomic mass is 16.1. The summed E-state index contributed by atoms with van der Waals surface area (Å²) >= 11 is 0. The largest absolute Gasteiger partial charge is 0.385 e. The number of carbonyl (C=O) groups is 1. The maximum absolute atomic E-state index is 10.9. The number of nitrogens with one attached hydrogen (secondary N) is 1. The van der Waals surface area contributed by atoms with Crippen LogP contribution in [0.3, 0.4) is 0 Å². The Morgan fingerprint density at radius 2 is 2.25 bits per heavy atom. The van der Waals surface area contributed by atoms with E-state index >= 15 is 0 Å².